The number of anilines is 1. The highest BCUT2D eigenvalue weighted by molar-refractivity contribution is 5.98. The van der Waals surface area contributed by atoms with Crippen molar-refractivity contribution in [1.29, 1.82) is 0 Å². The summed E-state index contributed by atoms with van der Waals surface area (Å²) in [6.07, 6.45) is 2.06. The van der Waals surface area contributed by atoms with Crippen molar-refractivity contribution in [2.45, 2.75) is 65.1 Å². The molecule has 5 amide bonds. The van der Waals surface area contributed by atoms with Gasteiger partial charge in [-0.15, -0.1) is 11.8 Å². The summed E-state index contributed by atoms with van der Waals surface area (Å²) in [6.45, 7) is 8.24. The number of carbonyl (C=O) groups is 5. The minimum Gasteiger partial charge on any atom is -0.449 e. The maximum atomic E-state index is 13.0. The molecule has 1 saturated carbocycles. The van der Waals surface area contributed by atoms with Crippen LogP contribution in [0.25, 0.3) is 0 Å². The van der Waals surface area contributed by atoms with Crippen molar-refractivity contribution in [2.75, 3.05) is 77.8 Å². The number of ether oxygens (including phenoxy) is 6. The molecule has 1 fully saturated rings. The number of carbonyl (C=O) groups excluding carboxylic acids is 5. The molecule has 0 aromatic heterocycles. The Morgan fingerprint density at radius 1 is 0.709 bits per heavy atom. The van der Waals surface area contributed by atoms with Crippen LogP contribution >= 0.6 is 0 Å². The van der Waals surface area contributed by atoms with Crippen molar-refractivity contribution in [3.8, 4) is 11.8 Å². The molecule has 17 heteroatoms. The van der Waals surface area contributed by atoms with Gasteiger partial charge in [0.2, 0.25) is 11.8 Å². The average molecular weight is 775 g/mol. The molecule has 5 atom stereocenters. The molecule has 1 aromatic rings. The Morgan fingerprint density at radius 2 is 1.29 bits per heavy atom. The van der Waals surface area contributed by atoms with Crippen molar-refractivity contribution in [3.63, 3.8) is 0 Å². The lowest BCUT2D eigenvalue weighted by atomic mass is 10.0. The molecule has 306 valence electrons. The fourth-order valence-electron chi connectivity index (χ4n) is 5.86. The van der Waals surface area contributed by atoms with E-state index in [1.54, 1.807) is 38.1 Å². The zero-order chi connectivity index (χ0) is 39.8. The fraction of sp³-hybridized carbons (Fsp3) is 0.658. The summed E-state index contributed by atoms with van der Waals surface area (Å²) in [6, 6.07) is 4.78. The van der Waals surface area contributed by atoms with Crippen LogP contribution in [0.1, 0.15) is 52.0 Å². The standard InChI is InChI=1S/C38H58N6O11/c1-26(2)33(44-38(49)53-23-22-52-19-16-41-37(48)55-25-32-30-8-6-4-5-7-9-31(30)32)35(46)42-27(3)34(45)43-29-12-10-28(11-13-29)24-54-36(47)40-15-18-51-21-20-50-17-14-39/h10-13,26-27,30-33H,6-9,14-25,39H2,1-3H3,(H,40,47)(H,41,48)(H,42,46)(H,43,45)(H,44,49)/t27-,30-,31+,32?,33-/m0/s1. The largest absolute Gasteiger partial charge is 0.449 e. The summed E-state index contributed by atoms with van der Waals surface area (Å²) in [7, 11) is 0. The molecule has 0 heterocycles. The quantitative estimate of drug-likeness (QED) is 0.0506. The number of hydrogen-bond acceptors (Lipinski definition) is 12. The van der Waals surface area contributed by atoms with Crippen LogP contribution in [0, 0.1) is 35.5 Å². The molecule has 2 aliphatic rings. The maximum Gasteiger partial charge on any atom is 0.407 e. The van der Waals surface area contributed by atoms with Gasteiger partial charge in [-0.1, -0.05) is 26.0 Å². The van der Waals surface area contributed by atoms with Gasteiger partial charge in [0.05, 0.1) is 46.2 Å². The normalized spacial score (nSPS) is 18.1. The lowest BCUT2D eigenvalue weighted by molar-refractivity contribution is -0.128. The first-order chi connectivity index (χ1) is 26.6. The maximum absolute atomic E-state index is 13.0. The smallest absolute Gasteiger partial charge is 0.407 e. The SMILES string of the molecule is CC(C)[C@H](NC(=O)OCCOCCNC(=O)OCC1[C@H]2CCC#CCC[C@@H]12)C(=O)N[C@@H](C)C(=O)Nc1ccc(COC(=O)NCCOCCOCCN)cc1. The molecule has 0 bridgehead atoms. The highest BCUT2D eigenvalue weighted by Gasteiger charge is 2.49. The predicted molar refractivity (Wildman–Crippen MR) is 202 cm³/mol. The van der Waals surface area contributed by atoms with Crippen LogP contribution in [-0.2, 0) is 44.6 Å². The lowest BCUT2D eigenvalue weighted by Gasteiger charge is -2.23. The van der Waals surface area contributed by atoms with Crippen molar-refractivity contribution in [2.24, 2.45) is 29.4 Å². The third kappa shape index (κ3) is 18.0. The summed E-state index contributed by atoms with van der Waals surface area (Å²) in [5, 5.41) is 13.1. The molecule has 0 aliphatic heterocycles. The van der Waals surface area contributed by atoms with E-state index in [0.29, 0.717) is 68.6 Å². The number of alkyl carbamates (subject to hydrolysis) is 3. The Kier molecular flexibility index (Phi) is 20.7. The van der Waals surface area contributed by atoms with Gasteiger partial charge in [-0.05, 0) is 61.1 Å². The van der Waals surface area contributed by atoms with Crippen LogP contribution < -0.4 is 32.3 Å². The van der Waals surface area contributed by atoms with Gasteiger partial charge in [0.15, 0.2) is 0 Å². The minimum absolute atomic E-state index is 0.0209. The highest BCUT2D eigenvalue weighted by atomic mass is 16.6. The second kappa shape index (κ2) is 25.4. The first kappa shape index (κ1) is 44.8. The predicted octanol–water partition coefficient (Wildman–Crippen LogP) is 2.28. The summed E-state index contributed by atoms with van der Waals surface area (Å²) in [4.78, 5) is 62.2. The van der Waals surface area contributed by atoms with Crippen LogP contribution in [0.4, 0.5) is 20.1 Å². The van der Waals surface area contributed by atoms with E-state index >= 15 is 0 Å². The molecule has 0 radical (unpaired) electrons. The molecule has 1 aromatic carbocycles. The van der Waals surface area contributed by atoms with Gasteiger partial charge in [0, 0.05) is 38.2 Å². The zero-order valence-electron chi connectivity index (χ0n) is 32.2. The van der Waals surface area contributed by atoms with E-state index in [1.165, 1.54) is 6.92 Å². The Labute approximate surface area is 323 Å². The first-order valence-electron chi connectivity index (χ1n) is 18.9. The van der Waals surface area contributed by atoms with Crippen LogP contribution in [-0.4, -0.2) is 115 Å². The molecule has 7 N–H and O–H groups in total. The number of hydrogen-bond donors (Lipinski definition) is 6. The van der Waals surface area contributed by atoms with Gasteiger partial charge in [0.1, 0.15) is 25.3 Å². The average Bonchev–Trinajstić information content (AvgIpc) is 3.81. The molecule has 0 spiro atoms. The van der Waals surface area contributed by atoms with E-state index in [0.717, 1.165) is 25.7 Å². The van der Waals surface area contributed by atoms with Gasteiger partial charge in [-0.25, -0.2) is 14.4 Å². The van der Waals surface area contributed by atoms with Crippen LogP contribution in [0.5, 0.6) is 0 Å². The second-order valence-electron chi connectivity index (χ2n) is 13.5. The number of rotatable bonds is 24. The fourth-order valence-corrected chi connectivity index (χ4v) is 5.86. The molecule has 2 aliphatic carbocycles. The molecule has 3 rings (SSSR count). The van der Waals surface area contributed by atoms with Crippen molar-refractivity contribution in [3.05, 3.63) is 29.8 Å². The van der Waals surface area contributed by atoms with Gasteiger partial charge < -0.3 is 60.7 Å². The van der Waals surface area contributed by atoms with E-state index in [4.69, 9.17) is 34.2 Å². The van der Waals surface area contributed by atoms with Crippen LogP contribution in [0.15, 0.2) is 24.3 Å². The number of nitrogens with one attached hydrogen (secondary N) is 5. The Morgan fingerprint density at radius 3 is 1.89 bits per heavy atom. The van der Waals surface area contributed by atoms with Crippen molar-refractivity contribution in [1.82, 2.24) is 21.3 Å². The Bertz CT molecular complexity index is 1400. The van der Waals surface area contributed by atoms with Crippen molar-refractivity contribution >= 4 is 35.8 Å². The van der Waals surface area contributed by atoms with Gasteiger partial charge in [0.25, 0.3) is 0 Å². The van der Waals surface area contributed by atoms with E-state index in [9.17, 15) is 24.0 Å². The number of benzene rings is 1. The van der Waals surface area contributed by atoms with E-state index in [2.05, 4.69) is 38.4 Å². The van der Waals surface area contributed by atoms with Crippen LogP contribution in [0.3, 0.4) is 0 Å². The first-order valence-corrected chi connectivity index (χ1v) is 18.9. The monoisotopic (exact) mass is 774 g/mol. The van der Waals surface area contributed by atoms with E-state index in [-0.39, 0.29) is 45.4 Å². The Hall–Kier alpha value is -4.63. The number of amides is 5. The minimum atomic E-state index is -0.967. The third-order valence-corrected chi connectivity index (χ3v) is 8.94. The van der Waals surface area contributed by atoms with Crippen LogP contribution in [0.2, 0.25) is 0 Å². The summed E-state index contributed by atoms with van der Waals surface area (Å²) < 4.78 is 31.7. The molecular formula is C38H58N6O11. The molecule has 1 unspecified atom stereocenters. The third-order valence-electron chi connectivity index (χ3n) is 8.94. The zero-order valence-corrected chi connectivity index (χ0v) is 32.2. The highest BCUT2D eigenvalue weighted by Crippen LogP contribution is 2.52. The number of fused-ring (bicyclic) bond motifs is 1. The topological polar surface area (TPSA) is 227 Å². The summed E-state index contributed by atoms with van der Waals surface area (Å²) in [5.41, 5.74) is 6.51. The van der Waals surface area contributed by atoms with Gasteiger partial charge >= 0.3 is 18.3 Å². The molecule has 17 nitrogen and oxygen atoms in total. The van der Waals surface area contributed by atoms with Crippen molar-refractivity contribution < 1.29 is 52.4 Å². The van der Waals surface area contributed by atoms with Gasteiger partial charge in [-0.2, -0.15) is 0 Å². The molecular weight excluding hydrogens is 716 g/mol. The lowest BCUT2D eigenvalue weighted by Crippen LogP contribution is -2.53. The summed E-state index contributed by atoms with van der Waals surface area (Å²) in [5.74, 6) is 6.63. The van der Waals surface area contributed by atoms with Gasteiger partial charge in [-0.3, -0.25) is 9.59 Å². The van der Waals surface area contributed by atoms with E-state index in [1.807, 2.05) is 0 Å². The molecule has 0 saturated heterocycles. The van der Waals surface area contributed by atoms with E-state index < -0.39 is 42.2 Å². The summed E-state index contributed by atoms with van der Waals surface area (Å²) >= 11 is 0. The second-order valence-corrected chi connectivity index (χ2v) is 13.5. The number of nitrogens with two attached hydrogens (primary N) is 1. The molecule has 55 heavy (non-hydrogen) atoms. The Balaban J connectivity index is 1.23.